The van der Waals surface area contributed by atoms with E-state index in [1.807, 2.05) is 18.2 Å². The van der Waals surface area contributed by atoms with Crippen LogP contribution >= 0.6 is 0 Å². The zero-order chi connectivity index (χ0) is 15.5. The molecule has 1 fully saturated rings. The Morgan fingerprint density at radius 1 is 1.24 bits per heavy atom. The summed E-state index contributed by atoms with van der Waals surface area (Å²) in [6, 6.07) is 10.4. The van der Waals surface area contributed by atoms with Gasteiger partial charge in [0.25, 0.3) is 0 Å². The maximum absolute atomic E-state index is 12.6. The van der Waals surface area contributed by atoms with E-state index in [9.17, 15) is 4.79 Å². The van der Waals surface area contributed by atoms with E-state index in [1.54, 1.807) is 0 Å². The van der Waals surface area contributed by atoms with Crippen LogP contribution in [0.4, 0.5) is 0 Å². The number of rotatable bonds is 3. The lowest BCUT2D eigenvalue weighted by atomic mass is 9.80. The van der Waals surface area contributed by atoms with E-state index in [-0.39, 0.29) is 29.3 Å². The van der Waals surface area contributed by atoms with Gasteiger partial charge in [0.15, 0.2) is 0 Å². The minimum Gasteiger partial charge on any atom is -0.349 e. The molecule has 3 atom stereocenters. The molecule has 21 heavy (non-hydrogen) atoms. The minimum atomic E-state index is -0.0200. The molecule has 3 unspecified atom stereocenters. The van der Waals surface area contributed by atoms with Crippen molar-refractivity contribution < 1.29 is 4.79 Å². The fourth-order valence-corrected chi connectivity index (χ4v) is 3.17. The van der Waals surface area contributed by atoms with E-state index in [0.717, 1.165) is 25.7 Å². The van der Waals surface area contributed by atoms with Crippen molar-refractivity contribution in [1.82, 2.24) is 5.32 Å². The van der Waals surface area contributed by atoms with Crippen molar-refractivity contribution in [3.63, 3.8) is 0 Å². The van der Waals surface area contributed by atoms with Gasteiger partial charge < -0.3 is 11.1 Å². The molecule has 0 aliphatic heterocycles. The van der Waals surface area contributed by atoms with E-state index in [2.05, 4.69) is 38.2 Å². The summed E-state index contributed by atoms with van der Waals surface area (Å²) in [7, 11) is 0. The number of carbonyl (C=O) groups is 1. The van der Waals surface area contributed by atoms with Gasteiger partial charge in [0, 0.05) is 12.0 Å². The molecule has 116 valence electrons. The summed E-state index contributed by atoms with van der Waals surface area (Å²) in [5, 5.41) is 3.27. The van der Waals surface area contributed by atoms with Gasteiger partial charge in [-0.1, -0.05) is 57.5 Å². The highest BCUT2D eigenvalue weighted by Crippen LogP contribution is 2.33. The van der Waals surface area contributed by atoms with E-state index in [4.69, 9.17) is 5.73 Å². The SMILES string of the molecule is CC(C)(C)C(NC(=O)C1CCCC(N)C1)c1ccccc1. The molecule has 2 rings (SSSR count). The van der Waals surface area contributed by atoms with Crippen LogP contribution < -0.4 is 11.1 Å². The third kappa shape index (κ3) is 4.31. The first-order chi connectivity index (χ1) is 9.88. The minimum absolute atomic E-state index is 0.0200. The lowest BCUT2D eigenvalue weighted by Crippen LogP contribution is -2.42. The number of hydrogen-bond donors (Lipinski definition) is 2. The Balaban J connectivity index is 2.10. The fourth-order valence-electron chi connectivity index (χ4n) is 3.17. The Kier molecular flexibility index (Phi) is 5.04. The summed E-state index contributed by atoms with van der Waals surface area (Å²) in [5.41, 5.74) is 7.16. The van der Waals surface area contributed by atoms with E-state index in [1.165, 1.54) is 5.56 Å². The van der Waals surface area contributed by atoms with Gasteiger partial charge >= 0.3 is 0 Å². The summed E-state index contributed by atoms with van der Waals surface area (Å²) < 4.78 is 0. The average Bonchev–Trinajstić information content (AvgIpc) is 2.44. The zero-order valence-corrected chi connectivity index (χ0v) is 13.4. The third-order valence-corrected chi connectivity index (χ3v) is 4.37. The van der Waals surface area contributed by atoms with Crippen molar-refractivity contribution in [3.8, 4) is 0 Å². The first-order valence-electron chi connectivity index (χ1n) is 7.99. The molecule has 0 spiro atoms. The molecule has 1 aliphatic rings. The van der Waals surface area contributed by atoms with Crippen LogP contribution in [-0.2, 0) is 4.79 Å². The van der Waals surface area contributed by atoms with Gasteiger partial charge in [0.1, 0.15) is 0 Å². The molecule has 0 bridgehead atoms. The molecule has 0 aromatic heterocycles. The normalized spacial score (nSPS) is 24.4. The highest BCUT2D eigenvalue weighted by Gasteiger charge is 2.31. The molecule has 0 heterocycles. The van der Waals surface area contributed by atoms with Gasteiger partial charge in [-0.2, -0.15) is 0 Å². The second-order valence-electron chi connectivity index (χ2n) is 7.34. The smallest absolute Gasteiger partial charge is 0.223 e. The van der Waals surface area contributed by atoms with Gasteiger partial charge in [-0.15, -0.1) is 0 Å². The lowest BCUT2D eigenvalue weighted by molar-refractivity contribution is -0.127. The van der Waals surface area contributed by atoms with E-state index in [0.29, 0.717) is 0 Å². The quantitative estimate of drug-likeness (QED) is 0.895. The predicted octanol–water partition coefficient (Wildman–Crippen LogP) is 3.41. The summed E-state index contributed by atoms with van der Waals surface area (Å²) >= 11 is 0. The van der Waals surface area contributed by atoms with E-state index >= 15 is 0 Å². The molecule has 1 amide bonds. The number of benzene rings is 1. The van der Waals surface area contributed by atoms with Crippen molar-refractivity contribution >= 4 is 5.91 Å². The monoisotopic (exact) mass is 288 g/mol. The summed E-state index contributed by atoms with van der Waals surface area (Å²) in [4.78, 5) is 12.6. The van der Waals surface area contributed by atoms with Crippen molar-refractivity contribution in [3.05, 3.63) is 35.9 Å². The first kappa shape index (κ1) is 16.0. The molecule has 3 nitrogen and oxygen atoms in total. The molecule has 0 saturated heterocycles. The Labute approximate surface area is 128 Å². The molecule has 3 heteroatoms. The van der Waals surface area contributed by atoms with Crippen LogP contribution in [0.3, 0.4) is 0 Å². The standard InChI is InChI=1S/C18H28N2O/c1-18(2,3)16(13-8-5-4-6-9-13)20-17(21)14-10-7-11-15(19)12-14/h4-6,8-9,14-16H,7,10-12,19H2,1-3H3,(H,20,21). The number of amides is 1. The van der Waals surface area contributed by atoms with Gasteiger partial charge in [-0.25, -0.2) is 0 Å². The Morgan fingerprint density at radius 2 is 1.90 bits per heavy atom. The molecule has 1 saturated carbocycles. The summed E-state index contributed by atoms with van der Waals surface area (Å²) in [6.07, 6.45) is 3.89. The maximum Gasteiger partial charge on any atom is 0.223 e. The highest BCUT2D eigenvalue weighted by molar-refractivity contribution is 5.79. The van der Waals surface area contributed by atoms with Crippen molar-refractivity contribution in [2.45, 2.75) is 58.5 Å². The summed E-state index contributed by atoms with van der Waals surface area (Å²) in [6.45, 7) is 6.49. The van der Waals surface area contributed by atoms with Crippen LogP contribution in [-0.4, -0.2) is 11.9 Å². The van der Waals surface area contributed by atoms with Crippen molar-refractivity contribution in [2.24, 2.45) is 17.1 Å². The van der Waals surface area contributed by atoms with Gasteiger partial charge in [-0.3, -0.25) is 4.79 Å². The van der Waals surface area contributed by atoms with Crippen LogP contribution in [0.15, 0.2) is 30.3 Å². The molecule has 3 N–H and O–H groups in total. The molecular weight excluding hydrogens is 260 g/mol. The number of nitrogens with two attached hydrogens (primary N) is 1. The maximum atomic E-state index is 12.6. The predicted molar refractivity (Wildman–Crippen MR) is 86.7 cm³/mol. The summed E-state index contributed by atoms with van der Waals surface area (Å²) in [5.74, 6) is 0.233. The average molecular weight is 288 g/mol. The van der Waals surface area contributed by atoms with Crippen LogP contribution in [0.1, 0.15) is 58.1 Å². The second-order valence-corrected chi connectivity index (χ2v) is 7.34. The zero-order valence-electron chi connectivity index (χ0n) is 13.4. The molecular formula is C18H28N2O. The Bertz CT molecular complexity index is 464. The van der Waals surface area contributed by atoms with Gasteiger partial charge in [0.05, 0.1) is 6.04 Å². The first-order valence-corrected chi connectivity index (χ1v) is 7.99. The number of nitrogens with one attached hydrogen (secondary N) is 1. The van der Waals surface area contributed by atoms with Crippen LogP contribution in [0, 0.1) is 11.3 Å². The van der Waals surface area contributed by atoms with Crippen molar-refractivity contribution in [1.29, 1.82) is 0 Å². The highest BCUT2D eigenvalue weighted by atomic mass is 16.1. The number of hydrogen-bond acceptors (Lipinski definition) is 2. The largest absolute Gasteiger partial charge is 0.349 e. The van der Waals surface area contributed by atoms with Crippen LogP contribution in [0.2, 0.25) is 0 Å². The van der Waals surface area contributed by atoms with Crippen LogP contribution in [0.5, 0.6) is 0 Å². The van der Waals surface area contributed by atoms with Crippen molar-refractivity contribution in [2.75, 3.05) is 0 Å². The third-order valence-electron chi connectivity index (χ3n) is 4.37. The molecule has 1 aromatic carbocycles. The van der Waals surface area contributed by atoms with Gasteiger partial charge in [-0.05, 0) is 30.2 Å². The topological polar surface area (TPSA) is 55.1 Å². The van der Waals surface area contributed by atoms with E-state index < -0.39 is 0 Å². The Hall–Kier alpha value is -1.35. The van der Waals surface area contributed by atoms with Crippen LogP contribution in [0.25, 0.3) is 0 Å². The Morgan fingerprint density at radius 3 is 2.48 bits per heavy atom. The second kappa shape index (κ2) is 6.61. The lowest BCUT2D eigenvalue weighted by Gasteiger charge is -2.34. The molecule has 1 aliphatic carbocycles. The van der Waals surface area contributed by atoms with Gasteiger partial charge in [0.2, 0.25) is 5.91 Å². The number of carbonyl (C=O) groups excluding carboxylic acids is 1. The fraction of sp³-hybridized carbons (Fsp3) is 0.611. The molecule has 0 radical (unpaired) electrons. The molecule has 1 aromatic rings.